The van der Waals surface area contributed by atoms with Crippen LogP contribution in [0.5, 0.6) is 5.75 Å². The highest BCUT2D eigenvalue weighted by molar-refractivity contribution is 6.01. The fourth-order valence-corrected chi connectivity index (χ4v) is 2.53. The van der Waals surface area contributed by atoms with Crippen molar-refractivity contribution in [3.8, 4) is 5.75 Å². The number of hydrogen-bond acceptors (Lipinski definition) is 5. The van der Waals surface area contributed by atoms with E-state index in [4.69, 9.17) is 14.2 Å². The van der Waals surface area contributed by atoms with E-state index in [1.165, 1.54) is 6.08 Å². The number of carbonyl (C=O) groups excluding carboxylic acids is 2. The summed E-state index contributed by atoms with van der Waals surface area (Å²) >= 11 is 0. The Labute approximate surface area is 147 Å². The number of esters is 2. The number of para-hydroxylation sites is 1. The van der Waals surface area contributed by atoms with Crippen LogP contribution in [0.2, 0.25) is 0 Å². The van der Waals surface area contributed by atoms with E-state index in [0.29, 0.717) is 23.3 Å². The minimum absolute atomic E-state index is 0.0740. The second-order valence-electron chi connectivity index (χ2n) is 5.32. The summed E-state index contributed by atoms with van der Waals surface area (Å²) in [7, 11) is 0. The van der Waals surface area contributed by atoms with Gasteiger partial charge in [0.2, 0.25) is 0 Å². The van der Waals surface area contributed by atoms with Crippen LogP contribution >= 0.6 is 0 Å². The third kappa shape index (κ3) is 4.59. The quantitative estimate of drug-likeness (QED) is 0.451. The molecule has 0 aliphatic carbocycles. The summed E-state index contributed by atoms with van der Waals surface area (Å²) in [4.78, 5) is 24.2. The van der Waals surface area contributed by atoms with Crippen LogP contribution in [0.25, 0.3) is 6.08 Å². The normalized spacial score (nSPS) is 14.6. The highest BCUT2D eigenvalue weighted by Crippen LogP contribution is 2.32. The predicted molar refractivity (Wildman–Crippen MR) is 95.2 cm³/mol. The number of hydrogen-bond donors (Lipinski definition) is 0. The molecular formula is C20H22O5. The van der Waals surface area contributed by atoms with Gasteiger partial charge in [0.1, 0.15) is 12.4 Å². The lowest BCUT2D eigenvalue weighted by atomic mass is 10.0. The monoisotopic (exact) mass is 342 g/mol. The molecule has 0 atom stereocenters. The number of allylic oxidation sites excluding steroid dienone is 1. The van der Waals surface area contributed by atoms with Crippen molar-refractivity contribution in [2.45, 2.75) is 20.3 Å². The zero-order valence-corrected chi connectivity index (χ0v) is 14.5. The summed E-state index contributed by atoms with van der Waals surface area (Å²) < 4.78 is 16.0. The molecule has 0 unspecified atom stereocenters. The molecule has 1 aliphatic rings. The first-order chi connectivity index (χ1) is 12.1. The van der Waals surface area contributed by atoms with Crippen molar-refractivity contribution in [1.29, 1.82) is 0 Å². The summed E-state index contributed by atoms with van der Waals surface area (Å²) in [6.45, 7) is 7.78. The van der Waals surface area contributed by atoms with Crippen LogP contribution in [0.3, 0.4) is 0 Å². The lowest BCUT2D eigenvalue weighted by Gasteiger charge is -2.12. The Kier molecular flexibility index (Phi) is 6.57. The lowest BCUT2D eigenvalue weighted by molar-refractivity contribution is -0.138. The maximum absolute atomic E-state index is 12.4. The van der Waals surface area contributed by atoms with Crippen LogP contribution in [-0.4, -0.2) is 31.8 Å². The van der Waals surface area contributed by atoms with Gasteiger partial charge in [0, 0.05) is 17.2 Å². The van der Waals surface area contributed by atoms with Gasteiger partial charge in [-0.25, -0.2) is 9.59 Å². The van der Waals surface area contributed by atoms with Crippen molar-refractivity contribution in [2.75, 3.05) is 19.8 Å². The molecule has 1 aromatic rings. The molecule has 0 saturated heterocycles. The molecule has 0 aromatic heterocycles. The highest BCUT2D eigenvalue weighted by Gasteiger charge is 2.23. The Morgan fingerprint density at radius 2 is 2.00 bits per heavy atom. The highest BCUT2D eigenvalue weighted by atomic mass is 16.5. The molecule has 0 saturated carbocycles. The average molecular weight is 342 g/mol. The van der Waals surface area contributed by atoms with Gasteiger partial charge in [0.15, 0.2) is 0 Å². The SMILES string of the molecule is C=CCc1cccc2c1OC/C(=C\C(=O)OCC)C(C(=O)OCC)=C2. The van der Waals surface area contributed by atoms with Gasteiger partial charge in [-0.3, -0.25) is 0 Å². The minimum Gasteiger partial charge on any atom is -0.488 e. The van der Waals surface area contributed by atoms with Gasteiger partial charge in [0.25, 0.3) is 0 Å². The van der Waals surface area contributed by atoms with Crippen molar-refractivity contribution in [3.63, 3.8) is 0 Å². The average Bonchev–Trinajstić information content (AvgIpc) is 2.76. The molecule has 0 bridgehead atoms. The Morgan fingerprint density at radius 1 is 1.24 bits per heavy atom. The van der Waals surface area contributed by atoms with Gasteiger partial charge in [-0.1, -0.05) is 24.3 Å². The van der Waals surface area contributed by atoms with Crippen molar-refractivity contribution >= 4 is 18.0 Å². The fraction of sp³-hybridized carbons (Fsp3) is 0.300. The standard InChI is InChI=1S/C20H22O5/c1-4-8-14-9-7-10-15-11-17(20(22)24-6-3)16(13-25-19(14)15)12-18(21)23-5-2/h4,7,9-12H,1,5-6,8,13H2,2-3H3/b16-12+. The molecule has 0 amide bonds. The molecule has 0 radical (unpaired) electrons. The molecule has 5 nitrogen and oxygen atoms in total. The van der Waals surface area contributed by atoms with Crippen LogP contribution < -0.4 is 4.74 Å². The summed E-state index contributed by atoms with van der Waals surface area (Å²) in [6.07, 6.45) is 5.40. The van der Waals surface area contributed by atoms with E-state index in [1.807, 2.05) is 18.2 Å². The predicted octanol–water partition coefficient (Wildman–Crippen LogP) is 3.24. The van der Waals surface area contributed by atoms with Crippen molar-refractivity contribution in [1.82, 2.24) is 0 Å². The number of fused-ring (bicyclic) bond motifs is 1. The molecule has 25 heavy (non-hydrogen) atoms. The molecule has 1 aromatic carbocycles. The fourth-order valence-electron chi connectivity index (χ4n) is 2.53. The van der Waals surface area contributed by atoms with Gasteiger partial charge in [-0.15, -0.1) is 6.58 Å². The first-order valence-corrected chi connectivity index (χ1v) is 8.22. The van der Waals surface area contributed by atoms with E-state index in [9.17, 15) is 9.59 Å². The van der Waals surface area contributed by atoms with Crippen LogP contribution in [0, 0.1) is 0 Å². The third-order valence-corrected chi connectivity index (χ3v) is 3.58. The van der Waals surface area contributed by atoms with Gasteiger partial charge in [-0.2, -0.15) is 0 Å². The number of carbonyl (C=O) groups is 2. The molecular weight excluding hydrogens is 320 g/mol. The van der Waals surface area contributed by atoms with Gasteiger partial charge < -0.3 is 14.2 Å². The smallest absolute Gasteiger partial charge is 0.338 e. The van der Waals surface area contributed by atoms with Crippen LogP contribution in [0.4, 0.5) is 0 Å². The second kappa shape index (κ2) is 8.87. The molecule has 132 valence electrons. The number of ether oxygens (including phenoxy) is 3. The van der Waals surface area contributed by atoms with Crippen LogP contribution in [0.15, 0.2) is 48.1 Å². The largest absolute Gasteiger partial charge is 0.488 e. The van der Waals surface area contributed by atoms with Crippen molar-refractivity contribution in [3.05, 3.63) is 59.2 Å². The zero-order valence-electron chi connectivity index (χ0n) is 14.5. The molecule has 1 aliphatic heterocycles. The van der Waals surface area contributed by atoms with Crippen LogP contribution in [0.1, 0.15) is 25.0 Å². The van der Waals surface area contributed by atoms with E-state index in [0.717, 1.165) is 11.1 Å². The van der Waals surface area contributed by atoms with E-state index in [1.54, 1.807) is 26.0 Å². The van der Waals surface area contributed by atoms with Gasteiger partial charge in [0.05, 0.1) is 18.8 Å². The maximum atomic E-state index is 12.4. The summed E-state index contributed by atoms with van der Waals surface area (Å²) in [5.74, 6) is -0.339. The molecule has 1 heterocycles. The van der Waals surface area contributed by atoms with E-state index >= 15 is 0 Å². The third-order valence-electron chi connectivity index (χ3n) is 3.58. The summed E-state index contributed by atoms with van der Waals surface area (Å²) in [6, 6.07) is 5.69. The van der Waals surface area contributed by atoms with Crippen molar-refractivity contribution in [2.24, 2.45) is 0 Å². The molecule has 5 heteroatoms. The zero-order chi connectivity index (χ0) is 18.2. The Morgan fingerprint density at radius 3 is 2.68 bits per heavy atom. The lowest BCUT2D eigenvalue weighted by Crippen LogP contribution is -2.14. The topological polar surface area (TPSA) is 61.8 Å². The Hall–Kier alpha value is -2.82. The number of benzene rings is 1. The van der Waals surface area contributed by atoms with E-state index < -0.39 is 11.9 Å². The minimum atomic E-state index is -0.520. The molecule has 0 fully saturated rings. The maximum Gasteiger partial charge on any atom is 0.338 e. The Balaban J connectivity index is 2.50. The summed E-state index contributed by atoms with van der Waals surface area (Å²) in [5.41, 5.74) is 2.45. The molecule has 2 rings (SSSR count). The molecule has 0 spiro atoms. The first-order valence-electron chi connectivity index (χ1n) is 8.22. The van der Waals surface area contributed by atoms with Gasteiger partial charge in [-0.05, 0) is 31.9 Å². The summed E-state index contributed by atoms with van der Waals surface area (Å²) in [5, 5.41) is 0. The Bertz CT molecular complexity index is 728. The van der Waals surface area contributed by atoms with Crippen LogP contribution in [-0.2, 0) is 25.5 Å². The second-order valence-corrected chi connectivity index (χ2v) is 5.32. The van der Waals surface area contributed by atoms with Crippen molar-refractivity contribution < 1.29 is 23.8 Å². The number of rotatable bonds is 6. The van der Waals surface area contributed by atoms with E-state index in [-0.39, 0.29) is 19.8 Å². The van der Waals surface area contributed by atoms with Gasteiger partial charge >= 0.3 is 11.9 Å². The first kappa shape index (κ1) is 18.5. The molecule has 0 N–H and O–H groups in total. The van der Waals surface area contributed by atoms with E-state index in [2.05, 4.69) is 6.58 Å².